The van der Waals surface area contributed by atoms with Gasteiger partial charge in [0.05, 0.1) is 17.3 Å². The molecule has 1 aromatic rings. The van der Waals surface area contributed by atoms with E-state index in [2.05, 4.69) is 58.8 Å². The SMILES string of the molecule is CC(C)[C@H](CO[Si](C)(C)C(C)(C)C)C1(N)c2ccccc2N=CC1N. The molecule has 0 saturated heterocycles. The van der Waals surface area contributed by atoms with Crippen molar-refractivity contribution in [3.63, 3.8) is 0 Å². The van der Waals surface area contributed by atoms with Crippen molar-refractivity contribution in [2.75, 3.05) is 6.61 Å². The standard InChI is InChI=1S/C20H35N3OSi/c1-14(2)16(13-24-25(6,7)19(3,4)5)20(22)15-10-8-9-11-17(15)23-12-18(20)21/h8-12,14,16,18H,13,21-22H2,1-7H3/t16-,18?,20?/m0/s1. The van der Waals surface area contributed by atoms with Crippen LogP contribution in [0.3, 0.4) is 0 Å². The van der Waals surface area contributed by atoms with E-state index >= 15 is 0 Å². The molecule has 0 bridgehead atoms. The summed E-state index contributed by atoms with van der Waals surface area (Å²) in [5.41, 5.74) is 14.8. The predicted octanol–water partition coefficient (Wildman–Crippen LogP) is 4.18. The summed E-state index contributed by atoms with van der Waals surface area (Å²) < 4.78 is 6.56. The monoisotopic (exact) mass is 361 g/mol. The molecule has 1 aromatic carbocycles. The largest absolute Gasteiger partial charge is 0.416 e. The van der Waals surface area contributed by atoms with E-state index in [0.29, 0.717) is 12.5 Å². The Labute approximate surface area is 154 Å². The summed E-state index contributed by atoms with van der Waals surface area (Å²) in [5, 5.41) is 0.171. The van der Waals surface area contributed by atoms with Crippen molar-refractivity contribution >= 4 is 20.2 Å². The Morgan fingerprint density at radius 2 is 1.84 bits per heavy atom. The van der Waals surface area contributed by atoms with Crippen LogP contribution in [0.4, 0.5) is 5.69 Å². The van der Waals surface area contributed by atoms with Gasteiger partial charge in [-0.05, 0) is 35.7 Å². The molecule has 25 heavy (non-hydrogen) atoms. The summed E-state index contributed by atoms with van der Waals surface area (Å²) >= 11 is 0. The predicted molar refractivity (Wildman–Crippen MR) is 110 cm³/mol. The van der Waals surface area contributed by atoms with E-state index in [9.17, 15) is 0 Å². The minimum Gasteiger partial charge on any atom is -0.416 e. The number of fused-ring (bicyclic) bond motifs is 1. The average Bonchev–Trinajstić information content (AvgIpc) is 2.50. The van der Waals surface area contributed by atoms with Crippen molar-refractivity contribution in [1.82, 2.24) is 0 Å². The molecule has 1 aliphatic heterocycles. The summed E-state index contributed by atoms with van der Waals surface area (Å²) in [7, 11) is -1.85. The first-order valence-electron chi connectivity index (χ1n) is 9.23. The molecule has 140 valence electrons. The third-order valence-corrected chi connectivity index (χ3v) is 10.6. The molecular formula is C20H35N3OSi. The van der Waals surface area contributed by atoms with Gasteiger partial charge in [-0.3, -0.25) is 4.99 Å². The van der Waals surface area contributed by atoms with Crippen LogP contribution in [0.15, 0.2) is 29.3 Å². The second-order valence-electron chi connectivity index (χ2n) is 9.18. The van der Waals surface area contributed by atoms with E-state index < -0.39 is 13.9 Å². The van der Waals surface area contributed by atoms with Gasteiger partial charge < -0.3 is 15.9 Å². The van der Waals surface area contributed by atoms with Gasteiger partial charge in [0.25, 0.3) is 0 Å². The minimum absolute atomic E-state index is 0.115. The van der Waals surface area contributed by atoms with Gasteiger partial charge in [0.1, 0.15) is 0 Å². The Bertz CT molecular complexity index is 636. The van der Waals surface area contributed by atoms with E-state index in [-0.39, 0.29) is 17.0 Å². The number of aliphatic imine (C=N–C) groups is 1. The Morgan fingerprint density at radius 3 is 2.40 bits per heavy atom. The lowest BCUT2D eigenvalue weighted by atomic mass is 9.68. The second-order valence-corrected chi connectivity index (χ2v) is 14.0. The number of hydrogen-bond donors (Lipinski definition) is 2. The maximum Gasteiger partial charge on any atom is 0.191 e. The molecule has 1 aliphatic rings. The van der Waals surface area contributed by atoms with Crippen LogP contribution in [0.1, 0.15) is 40.2 Å². The molecule has 0 amide bonds. The number of benzene rings is 1. The van der Waals surface area contributed by atoms with E-state index in [1.165, 1.54) is 0 Å². The van der Waals surface area contributed by atoms with Crippen molar-refractivity contribution in [2.45, 2.75) is 64.3 Å². The van der Waals surface area contributed by atoms with E-state index in [0.717, 1.165) is 11.3 Å². The van der Waals surface area contributed by atoms with Crippen LogP contribution < -0.4 is 11.5 Å². The number of nitrogens with two attached hydrogens (primary N) is 2. The fraction of sp³-hybridized carbons (Fsp3) is 0.650. The summed E-state index contributed by atoms with van der Waals surface area (Å²) in [4.78, 5) is 4.50. The lowest BCUT2D eigenvalue weighted by molar-refractivity contribution is 0.110. The highest BCUT2D eigenvalue weighted by molar-refractivity contribution is 6.74. The summed E-state index contributed by atoms with van der Waals surface area (Å²) in [6.45, 7) is 16.4. The zero-order valence-corrected chi connectivity index (χ0v) is 17.8. The molecular weight excluding hydrogens is 326 g/mol. The topological polar surface area (TPSA) is 73.6 Å². The highest BCUT2D eigenvalue weighted by atomic mass is 28.4. The molecule has 2 rings (SSSR count). The molecule has 3 atom stereocenters. The molecule has 4 N–H and O–H groups in total. The van der Waals surface area contributed by atoms with E-state index in [1.54, 1.807) is 6.21 Å². The van der Waals surface area contributed by atoms with Gasteiger partial charge in [0, 0.05) is 18.7 Å². The third-order valence-electron chi connectivity index (χ3n) is 6.14. The number of nitrogens with zero attached hydrogens (tertiary/aromatic N) is 1. The number of hydrogen-bond acceptors (Lipinski definition) is 4. The Morgan fingerprint density at radius 1 is 1.24 bits per heavy atom. The van der Waals surface area contributed by atoms with Crippen LogP contribution >= 0.6 is 0 Å². The van der Waals surface area contributed by atoms with Crippen molar-refractivity contribution < 1.29 is 4.43 Å². The van der Waals surface area contributed by atoms with Crippen molar-refractivity contribution in [3.05, 3.63) is 29.8 Å². The highest BCUT2D eigenvalue weighted by Gasteiger charge is 2.47. The maximum atomic E-state index is 7.02. The molecule has 0 aromatic heterocycles. The van der Waals surface area contributed by atoms with Gasteiger partial charge in [0.15, 0.2) is 8.32 Å². The Hall–Kier alpha value is -1.01. The fourth-order valence-corrected chi connectivity index (χ4v) is 4.29. The van der Waals surface area contributed by atoms with Gasteiger partial charge in [-0.1, -0.05) is 52.8 Å². The normalized spacial score (nSPS) is 25.1. The molecule has 0 radical (unpaired) electrons. The Balaban J connectivity index is 2.38. The smallest absolute Gasteiger partial charge is 0.191 e. The molecule has 2 unspecified atom stereocenters. The first-order valence-corrected chi connectivity index (χ1v) is 12.1. The lowest BCUT2D eigenvalue weighted by Gasteiger charge is -2.47. The van der Waals surface area contributed by atoms with Crippen LogP contribution in [0, 0.1) is 11.8 Å². The highest BCUT2D eigenvalue weighted by Crippen LogP contribution is 2.43. The summed E-state index contributed by atoms with van der Waals surface area (Å²) in [6.07, 6.45) is 1.80. The van der Waals surface area contributed by atoms with Gasteiger partial charge in [0.2, 0.25) is 0 Å². The molecule has 1 heterocycles. The maximum absolute atomic E-state index is 7.02. The van der Waals surface area contributed by atoms with E-state index in [1.807, 2.05) is 18.2 Å². The number of para-hydroxylation sites is 1. The first-order chi connectivity index (χ1) is 11.4. The van der Waals surface area contributed by atoms with Crippen LogP contribution in [0.2, 0.25) is 18.1 Å². The van der Waals surface area contributed by atoms with Crippen molar-refractivity contribution in [3.8, 4) is 0 Å². The number of rotatable bonds is 5. The van der Waals surface area contributed by atoms with Gasteiger partial charge in [-0.2, -0.15) is 0 Å². The van der Waals surface area contributed by atoms with Gasteiger partial charge in [-0.25, -0.2) is 0 Å². The minimum atomic E-state index is -1.85. The molecule has 4 nitrogen and oxygen atoms in total. The van der Waals surface area contributed by atoms with Gasteiger partial charge in [-0.15, -0.1) is 0 Å². The molecule has 0 fully saturated rings. The van der Waals surface area contributed by atoms with E-state index in [4.69, 9.17) is 15.9 Å². The molecule has 0 aliphatic carbocycles. The average molecular weight is 362 g/mol. The lowest BCUT2D eigenvalue weighted by Crippen LogP contribution is -2.62. The summed E-state index contributed by atoms with van der Waals surface area (Å²) in [6, 6.07) is 7.75. The van der Waals surface area contributed by atoms with Crippen LogP contribution in [-0.2, 0) is 9.96 Å². The van der Waals surface area contributed by atoms with Crippen LogP contribution in [-0.4, -0.2) is 27.2 Å². The van der Waals surface area contributed by atoms with Crippen molar-refractivity contribution in [2.24, 2.45) is 28.3 Å². The molecule has 0 spiro atoms. The van der Waals surface area contributed by atoms with Crippen LogP contribution in [0.25, 0.3) is 0 Å². The van der Waals surface area contributed by atoms with Gasteiger partial charge >= 0.3 is 0 Å². The first kappa shape index (κ1) is 20.3. The fourth-order valence-electron chi connectivity index (χ4n) is 3.26. The second kappa shape index (κ2) is 6.95. The zero-order valence-electron chi connectivity index (χ0n) is 16.8. The van der Waals surface area contributed by atoms with Crippen molar-refractivity contribution in [1.29, 1.82) is 0 Å². The third kappa shape index (κ3) is 3.75. The molecule has 0 saturated carbocycles. The Kier molecular flexibility index (Phi) is 5.64. The quantitative estimate of drug-likeness (QED) is 0.773. The summed E-state index contributed by atoms with van der Waals surface area (Å²) in [5.74, 6) is 0.463. The van der Waals surface area contributed by atoms with Crippen LogP contribution in [0.5, 0.6) is 0 Å². The zero-order chi connectivity index (χ0) is 19.0. The molecule has 5 heteroatoms.